The number of nitrogens with two attached hydrogens (primary N) is 1. The van der Waals surface area contributed by atoms with Gasteiger partial charge in [0.1, 0.15) is 0 Å². The molecule has 0 aromatic carbocycles. The van der Waals surface area contributed by atoms with Crippen LogP contribution in [-0.2, 0) is 9.59 Å². The highest BCUT2D eigenvalue weighted by Crippen LogP contribution is 2.08. The van der Waals surface area contributed by atoms with Crippen molar-refractivity contribution in [2.24, 2.45) is 10.7 Å². The van der Waals surface area contributed by atoms with Gasteiger partial charge in [0.05, 0.1) is 13.1 Å². The minimum atomic E-state index is -0.644. The number of aliphatic imine (C=N–C) groups is 1. The van der Waals surface area contributed by atoms with E-state index in [0.29, 0.717) is 32.2 Å². The van der Waals surface area contributed by atoms with Crippen LogP contribution in [0.4, 0.5) is 4.79 Å². The standard InChI is InChI=1S/C14H22N4O4/c1-3-7-17-12(15)11(16-10(2)20)13(21)18(14(17)22)8-5-4-6-9-19/h15,19H,3-9H2,1-2H3/p+1. The average Bonchev–Trinajstić information content (AvgIpc) is 2.47. The zero-order chi connectivity index (χ0) is 16.7. The summed E-state index contributed by atoms with van der Waals surface area (Å²) < 4.78 is 1.27. The molecular weight excluding hydrogens is 288 g/mol. The second-order valence-corrected chi connectivity index (χ2v) is 5.04. The second-order valence-electron chi connectivity index (χ2n) is 5.04. The van der Waals surface area contributed by atoms with Crippen LogP contribution in [0.3, 0.4) is 0 Å². The van der Waals surface area contributed by atoms with Crippen molar-refractivity contribution in [1.29, 1.82) is 0 Å². The third-order valence-electron chi connectivity index (χ3n) is 3.20. The summed E-state index contributed by atoms with van der Waals surface area (Å²) in [5.74, 6) is -1.26. The Morgan fingerprint density at radius 2 is 2.00 bits per heavy atom. The monoisotopic (exact) mass is 311 g/mol. The summed E-state index contributed by atoms with van der Waals surface area (Å²) in [7, 11) is 0. The summed E-state index contributed by atoms with van der Waals surface area (Å²) in [4.78, 5) is 40.6. The third kappa shape index (κ3) is 4.20. The zero-order valence-electron chi connectivity index (χ0n) is 13.0. The smallest absolute Gasteiger partial charge is 0.396 e. The van der Waals surface area contributed by atoms with Gasteiger partial charge in [0.15, 0.2) is 0 Å². The maximum atomic E-state index is 12.4. The highest BCUT2D eigenvalue weighted by Gasteiger charge is 2.42. The maximum absolute atomic E-state index is 12.4. The van der Waals surface area contributed by atoms with Gasteiger partial charge < -0.3 is 10.8 Å². The van der Waals surface area contributed by atoms with E-state index in [2.05, 4.69) is 4.99 Å². The largest absolute Gasteiger partial charge is 0.446 e. The molecule has 0 radical (unpaired) electrons. The van der Waals surface area contributed by atoms with Crippen molar-refractivity contribution in [3.63, 3.8) is 0 Å². The Labute approximate surface area is 129 Å². The van der Waals surface area contributed by atoms with E-state index in [1.165, 1.54) is 11.5 Å². The van der Waals surface area contributed by atoms with E-state index in [-0.39, 0.29) is 24.7 Å². The highest BCUT2D eigenvalue weighted by molar-refractivity contribution is 6.67. The van der Waals surface area contributed by atoms with Gasteiger partial charge in [-0.2, -0.15) is 14.5 Å². The van der Waals surface area contributed by atoms with Gasteiger partial charge in [-0.1, -0.05) is 6.92 Å². The summed E-state index contributed by atoms with van der Waals surface area (Å²) in [5, 5.41) is 8.76. The number of amides is 4. The Balaban J connectivity index is 3.07. The first kappa shape index (κ1) is 18.0. The second kappa shape index (κ2) is 8.38. The van der Waals surface area contributed by atoms with E-state index in [4.69, 9.17) is 10.8 Å². The van der Waals surface area contributed by atoms with Crippen LogP contribution < -0.4 is 5.73 Å². The highest BCUT2D eigenvalue weighted by atomic mass is 16.3. The van der Waals surface area contributed by atoms with Crippen molar-refractivity contribution in [3.8, 4) is 0 Å². The lowest BCUT2D eigenvalue weighted by Crippen LogP contribution is -2.58. The fourth-order valence-electron chi connectivity index (χ4n) is 2.16. The Morgan fingerprint density at radius 3 is 2.55 bits per heavy atom. The van der Waals surface area contributed by atoms with Crippen molar-refractivity contribution >= 4 is 29.4 Å². The number of rotatable bonds is 7. The van der Waals surface area contributed by atoms with Crippen LogP contribution in [0.2, 0.25) is 0 Å². The van der Waals surface area contributed by atoms with Gasteiger partial charge in [-0.25, -0.2) is 9.59 Å². The predicted octanol–water partition coefficient (Wildman–Crippen LogP) is -0.122. The molecule has 0 aromatic heterocycles. The van der Waals surface area contributed by atoms with Crippen molar-refractivity contribution in [2.45, 2.75) is 39.5 Å². The summed E-state index contributed by atoms with van der Waals surface area (Å²) >= 11 is 0. The number of aliphatic hydroxyl groups is 1. The molecule has 0 bridgehead atoms. The first-order valence-electron chi connectivity index (χ1n) is 7.40. The normalized spacial score (nSPS) is 17.6. The molecule has 4 amide bonds. The molecule has 0 aromatic rings. The Kier molecular flexibility index (Phi) is 6.84. The van der Waals surface area contributed by atoms with Crippen molar-refractivity contribution < 1.29 is 24.1 Å². The van der Waals surface area contributed by atoms with Gasteiger partial charge in [-0.05, 0) is 25.7 Å². The number of hydrogen-bond donors (Lipinski definition) is 2. The molecule has 0 saturated heterocycles. The third-order valence-corrected chi connectivity index (χ3v) is 3.20. The van der Waals surface area contributed by atoms with Gasteiger partial charge in [0.2, 0.25) is 11.6 Å². The van der Waals surface area contributed by atoms with Crippen molar-refractivity contribution in [2.75, 3.05) is 19.7 Å². The quantitative estimate of drug-likeness (QED) is 0.502. The number of nitrogens with zero attached hydrogens (tertiary/aromatic N) is 3. The first-order valence-corrected chi connectivity index (χ1v) is 7.40. The lowest BCUT2D eigenvalue weighted by Gasteiger charge is -2.23. The molecule has 1 aliphatic rings. The van der Waals surface area contributed by atoms with Gasteiger partial charge in [-0.15, -0.1) is 0 Å². The molecule has 8 nitrogen and oxygen atoms in total. The fourth-order valence-corrected chi connectivity index (χ4v) is 2.16. The molecule has 0 unspecified atom stereocenters. The topological polar surface area (TPSA) is 116 Å². The molecule has 1 heterocycles. The molecule has 0 spiro atoms. The van der Waals surface area contributed by atoms with Crippen LogP contribution in [0.15, 0.2) is 4.99 Å². The van der Waals surface area contributed by atoms with E-state index >= 15 is 0 Å². The van der Waals surface area contributed by atoms with Gasteiger partial charge in [0.25, 0.3) is 5.84 Å². The van der Waals surface area contributed by atoms with Crippen LogP contribution in [0.1, 0.15) is 39.5 Å². The molecule has 1 aliphatic heterocycles. The summed E-state index contributed by atoms with van der Waals surface area (Å²) in [6.07, 6.45) is 2.54. The minimum absolute atomic E-state index is 0.0707. The van der Waals surface area contributed by atoms with Gasteiger partial charge >= 0.3 is 11.9 Å². The lowest BCUT2D eigenvalue weighted by molar-refractivity contribution is -0.436. The first-order chi connectivity index (χ1) is 10.4. The van der Waals surface area contributed by atoms with E-state index in [9.17, 15) is 14.4 Å². The van der Waals surface area contributed by atoms with Gasteiger partial charge in [0, 0.05) is 13.5 Å². The molecule has 8 heteroatoms. The molecule has 22 heavy (non-hydrogen) atoms. The zero-order valence-corrected chi connectivity index (χ0v) is 13.0. The Bertz CT molecular complexity index is 525. The SMILES string of the molecule is CCC[N+]1=C(N)C(=NC(C)=O)C(=O)N(CCCCCO)C1=O. The molecule has 3 N–H and O–H groups in total. The van der Waals surface area contributed by atoms with E-state index in [1.54, 1.807) is 0 Å². The number of unbranched alkanes of at least 4 members (excludes halogenated alkanes) is 2. The molecule has 1 rings (SSSR count). The van der Waals surface area contributed by atoms with Crippen LogP contribution in [0, 0.1) is 0 Å². The van der Waals surface area contributed by atoms with Crippen LogP contribution in [-0.4, -0.2) is 63.7 Å². The molecular formula is C14H23N4O4+. The maximum Gasteiger partial charge on any atom is 0.446 e. The number of urea groups is 1. The number of aliphatic hydroxyl groups excluding tert-OH is 1. The van der Waals surface area contributed by atoms with Crippen molar-refractivity contribution in [3.05, 3.63) is 0 Å². The fraction of sp³-hybridized carbons (Fsp3) is 0.643. The number of imide groups is 1. The Morgan fingerprint density at radius 1 is 1.32 bits per heavy atom. The summed E-state index contributed by atoms with van der Waals surface area (Å²) in [5.41, 5.74) is 5.66. The van der Waals surface area contributed by atoms with Crippen LogP contribution >= 0.6 is 0 Å². The lowest BCUT2D eigenvalue weighted by atomic mass is 10.2. The van der Waals surface area contributed by atoms with E-state index in [1.807, 2.05) is 6.92 Å². The molecule has 0 fully saturated rings. The Hall–Kier alpha value is -2.09. The average molecular weight is 311 g/mol. The van der Waals surface area contributed by atoms with Gasteiger partial charge in [-0.3, -0.25) is 4.79 Å². The molecule has 0 aliphatic carbocycles. The number of amidine groups is 1. The van der Waals surface area contributed by atoms with E-state index < -0.39 is 17.8 Å². The minimum Gasteiger partial charge on any atom is -0.396 e. The predicted molar refractivity (Wildman–Crippen MR) is 80.8 cm³/mol. The summed E-state index contributed by atoms with van der Waals surface area (Å²) in [6, 6.07) is -0.490. The molecule has 0 saturated carbocycles. The number of carbonyl (C=O) groups is 3. The molecule has 0 atom stereocenters. The summed E-state index contributed by atoms with van der Waals surface area (Å²) in [6.45, 7) is 3.73. The number of hydrogen-bond acceptors (Lipinski definition) is 5. The molecule has 122 valence electrons. The van der Waals surface area contributed by atoms with Crippen LogP contribution in [0.5, 0.6) is 0 Å². The number of carbonyl (C=O) groups excluding carboxylic acids is 3. The van der Waals surface area contributed by atoms with Crippen molar-refractivity contribution in [1.82, 2.24) is 4.90 Å². The van der Waals surface area contributed by atoms with E-state index in [0.717, 1.165) is 4.90 Å². The van der Waals surface area contributed by atoms with Crippen LogP contribution in [0.25, 0.3) is 0 Å².